The fraction of sp³-hybridized carbons (Fsp3) is 0.348. The van der Waals surface area contributed by atoms with Crippen LogP contribution in [0.5, 0.6) is 0 Å². The van der Waals surface area contributed by atoms with Crippen molar-refractivity contribution >= 4 is 49.7 Å². The average Bonchev–Trinajstić information content (AvgIpc) is 3.65. The number of anilines is 3. The molecule has 1 atom stereocenters. The highest BCUT2D eigenvalue weighted by atomic mass is 32.1. The summed E-state index contributed by atoms with van der Waals surface area (Å²) in [5.74, 6) is 0.438. The van der Waals surface area contributed by atoms with Gasteiger partial charge in [0.25, 0.3) is 0 Å². The molecular weight excluding hydrogens is 501 g/mol. The molecule has 2 amide bonds. The lowest BCUT2D eigenvalue weighted by atomic mass is 10.1. The van der Waals surface area contributed by atoms with Crippen LogP contribution in [0.3, 0.4) is 0 Å². The van der Waals surface area contributed by atoms with Gasteiger partial charge in [0.15, 0.2) is 10.9 Å². The van der Waals surface area contributed by atoms with Crippen molar-refractivity contribution in [1.82, 2.24) is 24.5 Å². The number of nitrogens with zero attached hydrogens (tertiary/aromatic N) is 8. The number of primary amides is 1. The molecule has 1 saturated heterocycles. The molecule has 1 aromatic carbocycles. The summed E-state index contributed by atoms with van der Waals surface area (Å²) in [5.41, 5.74) is 7.51. The summed E-state index contributed by atoms with van der Waals surface area (Å²) < 4.78 is 15.2. The van der Waals surface area contributed by atoms with E-state index in [1.807, 2.05) is 23.4 Å². The number of imidazole rings is 1. The first-order chi connectivity index (χ1) is 17.3. The zero-order valence-corrected chi connectivity index (χ0v) is 21.6. The largest absolute Gasteiger partial charge is 0.351 e. The number of amides is 2. The van der Waals surface area contributed by atoms with Crippen LogP contribution in [-0.2, 0) is 6.42 Å². The molecule has 0 bridgehead atoms. The number of carbonyl (C=O) groups is 1. The Labute approximate surface area is 215 Å². The van der Waals surface area contributed by atoms with E-state index in [1.165, 1.54) is 34.8 Å². The highest BCUT2D eigenvalue weighted by Crippen LogP contribution is 2.38. The van der Waals surface area contributed by atoms with Crippen molar-refractivity contribution in [3.8, 4) is 17.3 Å². The number of benzene rings is 1. The van der Waals surface area contributed by atoms with Gasteiger partial charge in [-0.3, -0.25) is 0 Å². The summed E-state index contributed by atoms with van der Waals surface area (Å²) in [4.78, 5) is 27.9. The molecule has 4 aromatic rings. The fourth-order valence-electron chi connectivity index (χ4n) is 4.30. The number of hydrogen-bond donors (Lipinski definition) is 1. The molecule has 0 radical (unpaired) electrons. The van der Waals surface area contributed by atoms with Gasteiger partial charge >= 0.3 is 6.03 Å². The Morgan fingerprint density at radius 1 is 1.28 bits per heavy atom. The standard InChI is InChI=1S/C23H24FN9OS2/c1-4-16-19(31(3)21-28-18(17(11-25)35-21)13-5-7-14(24)8-6-13)33-22(27-16)36-23(29-33)32-10-9-15(12-32)30(2)20(26)34/h5-8,15H,4,9-10,12H2,1-3H3,(H2,26,34)/t15-/m1/s1. The van der Waals surface area contributed by atoms with Crippen LogP contribution in [-0.4, -0.2) is 63.7 Å². The third-order valence-electron chi connectivity index (χ3n) is 6.34. The molecule has 0 spiro atoms. The first-order valence-electron chi connectivity index (χ1n) is 11.4. The van der Waals surface area contributed by atoms with E-state index in [2.05, 4.69) is 11.0 Å². The summed E-state index contributed by atoms with van der Waals surface area (Å²) >= 11 is 2.76. The lowest BCUT2D eigenvalue weighted by Crippen LogP contribution is -2.42. The van der Waals surface area contributed by atoms with Crippen LogP contribution >= 0.6 is 22.7 Å². The van der Waals surface area contributed by atoms with Gasteiger partial charge in [0.1, 0.15) is 22.5 Å². The first-order valence-corrected chi connectivity index (χ1v) is 13.0. The van der Waals surface area contributed by atoms with E-state index in [0.29, 0.717) is 34.2 Å². The van der Waals surface area contributed by atoms with Crippen LogP contribution in [0, 0.1) is 17.1 Å². The number of urea groups is 1. The van der Waals surface area contributed by atoms with E-state index in [4.69, 9.17) is 20.8 Å². The molecule has 1 aliphatic rings. The molecule has 186 valence electrons. The number of thiazole rings is 1. The Bertz CT molecular complexity index is 1470. The van der Waals surface area contributed by atoms with E-state index < -0.39 is 6.03 Å². The van der Waals surface area contributed by atoms with E-state index in [9.17, 15) is 14.4 Å². The zero-order valence-electron chi connectivity index (χ0n) is 20.0. The van der Waals surface area contributed by atoms with Crippen molar-refractivity contribution in [2.45, 2.75) is 25.8 Å². The number of aryl methyl sites for hydroxylation is 1. The maximum Gasteiger partial charge on any atom is 0.314 e. The predicted octanol–water partition coefficient (Wildman–Crippen LogP) is 3.84. The van der Waals surface area contributed by atoms with Crippen molar-refractivity contribution in [2.24, 2.45) is 5.73 Å². The molecule has 2 N–H and O–H groups in total. The summed E-state index contributed by atoms with van der Waals surface area (Å²) in [7, 11) is 3.60. The molecule has 0 aliphatic carbocycles. The smallest absolute Gasteiger partial charge is 0.314 e. The van der Waals surface area contributed by atoms with Gasteiger partial charge in [-0.05, 0) is 37.1 Å². The minimum absolute atomic E-state index is 0.0386. The molecular formula is C23H24FN9OS2. The van der Waals surface area contributed by atoms with E-state index in [1.54, 1.807) is 24.1 Å². The van der Waals surface area contributed by atoms with E-state index in [-0.39, 0.29) is 11.9 Å². The number of rotatable bonds is 6. The van der Waals surface area contributed by atoms with Gasteiger partial charge in [-0.15, -0.1) is 5.10 Å². The second kappa shape index (κ2) is 9.36. The van der Waals surface area contributed by atoms with E-state index in [0.717, 1.165) is 34.6 Å². The van der Waals surface area contributed by atoms with Gasteiger partial charge in [-0.25, -0.2) is 19.2 Å². The van der Waals surface area contributed by atoms with Crippen LogP contribution in [0.25, 0.3) is 16.2 Å². The third-order valence-corrected chi connectivity index (χ3v) is 8.35. The van der Waals surface area contributed by atoms with Crippen molar-refractivity contribution in [2.75, 3.05) is 37.0 Å². The number of fused-ring (bicyclic) bond motifs is 1. The molecule has 5 rings (SSSR count). The van der Waals surface area contributed by atoms with E-state index >= 15 is 0 Å². The van der Waals surface area contributed by atoms with Gasteiger partial charge in [-0.2, -0.15) is 9.78 Å². The predicted molar refractivity (Wildman–Crippen MR) is 138 cm³/mol. The molecule has 0 saturated carbocycles. The Morgan fingerprint density at radius 2 is 2.03 bits per heavy atom. The van der Waals surface area contributed by atoms with Crippen LogP contribution in [0.4, 0.5) is 25.3 Å². The van der Waals surface area contributed by atoms with Crippen molar-refractivity contribution in [3.63, 3.8) is 0 Å². The van der Waals surface area contributed by atoms with Crippen LogP contribution in [0.1, 0.15) is 23.9 Å². The molecule has 13 heteroatoms. The fourth-order valence-corrected chi connectivity index (χ4v) is 6.10. The highest BCUT2D eigenvalue weighted by molar-refractivity contribution is 7.20. The number of nitrogens with two attached hydrogens (primary N) is 1. The monoisotopic (exact) mass is 525 g/mol. The number of carbonyl (C=O) groups excluding carboxylic acids is 1. The average molecular weight is 526 g/mol. The van der Waals surface area contributed by atoms with Crippen LogP contribution in [0.15, 0.2) is 24.3 Å². The summed E-state index contributed by atoms with van der Waals surface area (Å²) in [6.07, 6.45) is 1.51. The molecule has 0 unspecified atom stereocenters. The number of likely N-dealkylation sites (N-methyl/N-ethyl adjacent to an activating group) is 1. The first kappa shape index (κ1) is 24.0. The molecule has 36 heavy (non-hydrogen) atoms. The maximum absolute atomic E-state index is 13.4. The number of halogens is 1. The Balaban J connectivity index is 1.49. The topological polar surface area (TPSA) is 120 Å². The summed E-state index contributed by atoms with van der Waals surface area (Å²) in [5, 5.41) is 16.0. The molecule has 1 aliphatic heterocycles. The lowest BCUT2D eigenvalue weighted by molar-refractivity contribution is 0.204. The van der Waals surface area contributed by atoms with Gasteiger partial charge in [-0.1, -0.05) is 29.6 Å². The zero-order chi connectivity index (χ0) is 25.6. The van der Waals surface area contributed by atoms with Crippen LogP contribution in [0.2, 0.25) is 0 Å². The molecule has 10 nitrogen and oxygen atoms in total. The van der Waals surface area contributed by atoms with Gasteiger partial charge in [0.2, 0.25) is 10.1 Å². The Morgan fingerprint density at radius 3 is 2.69 bits per heavy atom. The second-order valence-electron chi connectivity index (χ2n) is 8.50. The SMILES string of the molecule is CCc1nc2sc(N3CC[C@@H](N(C)C(N)=O)C3)nn2c1N(C)c1nc(-c2ccc(F)cc2)c(C#N)s1. The number of nitriles is 1. The minimum atomic E-state index is -0.438. The number of aromatic nitrogens is 4. The highest BCUT2D eigenvalue weighted by Gasteiger charge is 2.31. The van der Waals surface area contributed by atoms with Gasteiger partial charge in [0, 0.05) is 32.7 Å². The quantitative estimate of drug-likeness (QED) is 0.406. The van der Waals surface area contributed by atoms with Crippen LogP contribution < -0.4 is 15.5 Å². The summed E-state index contributed by atoms with van der Waals surface area (Å²) in [6, 6.07) is 7.77. The Kier molecular flexibility index (Phi) is 6.23. The Hall–Kier alpha value is -3.76. The molecule has 4 heterocycles. The van der Waals surface area contributed by atoms with Crippen molar-refractivity contribution in [3.05, 3.63) is 40.7 Å². The maximum atomic E-state index is 13.4. The van der Waals surface area contributed by atoms with Crippen molar-refractivity contribution in [1.29, 1.82) is 5.26 Å². The van der Waals surface area contributed by atoms with Gasteiger partial charge < -0.3 is 20.4 Å². The lowest BCUT2D eigenvalue weighted by Gasteiger charge is -2.22. The number of hydrogen-bond acceptors (Lipinski definition) is 9. The molecule has 1 fully saturated rings. The van der Waals surface area contributed by atoms with Crippen molar-refractivity contribution < 1.29 is 9.18 Å². The minimum Gasteiger partial charge on any atom is -0.351 e. The third kappa shape index (κ3) is 4.12. The molecule has 3 aromatic heterocycles. The normalized spacial score (nSPS) is 15.4. The summed E-state index contributed by atoms with van der Waals surface area (Å²) in [6.45, 7) is 3.45. The second-order valence-corrected chi connectivity index (χ2v) is 10.4. The van der Waals surface area contributed by atoms with Gasteiger partial charge in [0.05, 0.1) is 11.7 Å².